The third-order valence-corrected chi connectivity index (χ3v) is 3.81. The van der Waals surface area contributed by atoms with Gasteiger partial charge in [-0.1, -0.05) is 26.7 Å². The third-order valence-electron chi connectivity index (χ3n) is 3.81. The molecule has 0 aromatic carbocycles. The summed E-state index contributed by atoms with van der Waals surface area (Å²) < 4.78 is 0. The molecule has 1 aliphatic rings. The van der Waals surface area contributed by atoms with Crippen LogP contribution in [0.4, 0.5) is 5.82 Å². The number of hydrogen-bond donors (Lipinski definition) is 1. The smallest absolute Gasteiger partial charge is 0.271 e. The van der Waals surface area contributed by atoms with Crippen LogP contribution in [0.2, 0.25) is 0 Å². The van der Waals surface area contributed by atoms with Gasteiger partial charge in [-0.05, 0) is 25.2 Å². The van der Waals surface area contributed by atoms with E-state index in [2.05, 4.69) is 34.0 Å². The Morgan fingerprint density at radius 1 is 1.19 bits per heavy atom. The van der Waals surface area contributed by atoms with Crippen molar-refractivity contribution in [1.82, 2.24) is 15.3 Å². The van der Waals surface area contributed by atoms with E-state index < -0.39 is 0 Å². The Morgan fingerprint density at radius 2 is 1.90 bits per heavy atom. The van der Waals surface area contributed by atoms with Crippen LogP contribution in [0.3, 0.4) is 0 Å². The molecule has 0 bridgehead atoms. The average Bonchev–Trinajstić information content (AvgIpc) is 2.76. The molecule has 0 atom stereocenters. The summed E-state index contributed by atoms with van der Waals surface area (Å²) in [4.78, 5) is 22.9. The molecule has 21 heavy (non-hydrogen) atoms. The lowest BCUT2D eigenvalue weighted by Gasteiger charge is -2.20. The largest absolute Gasteiger partial charge is 0.355 e. The summed E-state index contributed by atoms with van der Waals surface area (Å²) in [6.45, 7) is 7.04. The molecule has 0 aliphatic carbocycles. The Balaban J connectivity index is 1.90. The van der Waals surface area contributed by atoms with Gasteiger partial charge in [0.25, 0.3) is 5.91 Å². The van der Waals surface area contributed by atoms with Gasteiger partial charge in [-0.15, -0.1) is 0 Å². The number of nitrogens with zero attached hydrogens (tertiary/aromatic N) is 3. The minimum atomic E-state index is -0.134. The van der Waals surface area contributed by atoms with Crippen molar-refractivity contribution in [3.8, 4) is 0 Å². The van der Waals surface area contributed by atoms with Crippen LogP contribution >= 0.6 is 0 Å². The monoisotopic (exact) mass is 290 g/mol. The Hall–Kier alpha value is -1.65. The van der Waals surface area contributed by atoms with Gasteiger partial charge in [-0.25, -0.2) is 9.97 Å². The summed E-state index contributed by atoms with van der Waals surface area (Å²) in [7, 11) is 0. The van der Waals surface area contributed by atoms with Gasteiger partial charge in [0, 0.05) is 19.6 Å². The van der Waals surface area contributed by atoms with Crippen molar-refractivity contribution >= 4 is 11.7 Å². The first-order valence-corrected chi connectivity index (χ1v) is 8.02. The Bertz CT molecular complexity index is 436. The highest BCUT2D eigenvalue weighted by atomic mass is 16.1. The predicted octanol–water partition coefficient (Wildman–Crippen LogP) is 2.63. The first kappa shape index (κ1) is 15.7. The zero-order valence-corrected chi connectivity index (χ0v) is 13.1. The van der Waals surface area contributed by atoms with Gasteiger partial charge in [0.1, 0.15) is 11.5 Å². The topological polar surface area (TPSA) is 58.1 Å². The van der Waals surface area contributed by atoms with Crippen molar-refractivity contribution in [3.05, 3.63) is 18.1 Å². The van der Waals surface area contributed by atoms with Gasteiger partial charge in [0.2, 0.25) is 0 Å². The number of anilines is 1. The minimum absolute atomic E-state index is 0.134. The lowest BCUT2D eigenvalue weighted by atomic mass is 10.1. The van der Waals surface area contributed by atoms with E-state index in [1.807, 2.05) is 0 Å². The van der Waals surface area contributed by atoms with Gasteiger partial charge in [0.15, 0.2) is 0 Å². The van der Waals surface area contributed by atoms with E-state index in [0.717, 1.165) is 25.3 Å². The lowest BCUT2D eigenvalue weighted by Crippen LogP contribution is -2.28. The maximum Gasteiger partial charge on any atom is 0.271 e. The molecule has 5 heteroatoms. The molecule has 2 heterocycles. The second-order valence-electron chi connectivity index (χ2n) is 6.10. The van der Waals surface area contributed by atoms with Crippen LogP contribution in [-0.4, -0.2) is 35.5 Å². The third kappa shape index (κ3) is 4.99. The fraction of sp³-hybridized carbons (Fsp3) is 0.688. The number of amides is 1. The van der Waals surface area contributed by atoms with Crippen LogP contribution in [0.5, 0.6) is 0 Å². The lowest BCUT2D eigenvalue weighted by molar-refractivity contribution is 0.0946. The molecule has 0 unspecified atom stereocenters. The van der Waals surface area contributed by atoms with Crippen LogP contribution in [0.25, 0.3) is 0 Å². The molecule has 0 saturated carbocycles. The summed E-state index contributed by atoms with van der Waals surface area (Å²) in [5.41, 5.74) is 0.400. The Kier molecular flexibility index (Phi) is 5.96. The molecule has 5 nitrogen and oxygen atoms in total. The molecule has 0 radical (unpaired) electrons. The maximum atomic E-state index is 11.9. The van der Waals surface area contributed by atoms with Gasteiger partial charge in [-0.3, -0.25) is 4.79 Å². The van der Waals surface area contributed by atoms with Gasteiger partial charge >= 0.3 is 0 Å². The highest BCUT2D eigenvalue weighted by molar-refractivity contribution is 5.91. The van der Waals surface area contributed by atoms with E-state index in [1.54, 1.807) is 12.4 Å². The standard InChI is InChI=1S/C16H26N4O/c1-13(2)7-8-17-16(21)14-11-19-15(12-18-14)20-9-5-3-4-6-10-20/h11-13H,3-10H2,1-2H3,(H,17,21). The van der Waals surface area contributed by atoms with E-state index in [0.29, 0.717) is 18.2 Å². The highest BCUT2D eigenvalue weighted by Gasteiger charge is 2.13. The number of nitrogens with one attached hydrogen (secondary N) is 1. The summed E-state index contributed by atoms with van der Waals surface area (Å²) in [5.74, 6) is 1.34. The SMILES string of the molecule is CC(C)CCNC(=O)c1cnc(N2CCCCCC2)cn1. The number of carbonyl (C=O) groups is 1. The van der Waals surface area contributed by atoms with Crippen molar-refractivity contribution in [2.75, 3.05) is 24.5 Å². The molecule has 1 aliphatic heterocycles. The zero-order valence-electron chi connectivity index (χ0n) is 13.1. The van der Waals surface area contributed by atoms with Crippen molar-refractivity contribution in [2.24, 2.45) is 5.92 Å². The highest BCUT2D eigenvalue weighted by Crippen LogP contribution is 2.16. The number of rotatable bonds is 5. The molecular weight excluding hydrogens is 264 g/mol. The first-order chi connectivity index (χ1) is 10.2. The molecule has 1 saturated heterocycles. The van der Waals surface area contributed by atoms with Gasteiger partial charge in [0.05, 0.1) is 12.4 Å². The number of hydrogen-bond acceptors (Lipinski definition) is 4. The summed E-state index contributed by atoms with van der Waals surface area (Å²) in [6.07, 6.45) is 9.29. The van der Waals surface area contributed by atoms with Gasteiger partial charge < -0.3 is 10.2 Å². The van der Waals surface area contributed by atoms with E-state index in [1.165, 1.54) is 25.7 Å². The maximum absolute atomic E-state index is 11.9. The fourth-order valence-corrected chi connectivity index (χ4v) is 2.47. The van der Waals surface area contributed by atoms with E-state index in [-0.39, 0.29) is 5.91 Å². The second-order valence-corrected chi connectivity index (χ2v) is 6.10. The first-order valence-electron chi connectivity index (χ1n) is 8.02. The zero-order chi connectivity index (χ0) is 15.1. The van der Waals surface area contributed by atoms with Crippen molar-refractivity contribution in [2.45, 2.75) is 46.0 Å². The predicted molar refractivity (Wildman–Crippen MR) is 84.5 cm³/mol. The van der Waals surface area contributed by atoms with Crippen LogP contribution in [0, 0.1) is 5.92 Å². The Labute approximate surface area is 127 Å². The van der Waals surface area contributed by atoms with Crippen LogP contribution < -0.4 is 10.2 Å². The van der Waals surface area contributed by atoms with Gasteiger partial charge in [-0.2, -0.15) is 0 Å². The molecule has 1 N–H and O–H groups in total. The molecule has 1 amide bonds. The van der Waals surface area contributed by atoms with E-state index in [4.69, 9.17) is 0 Å². The van der Waals surface area contributed by atoms with Crippen molar-refractivity contribution in [1.29, 1.82) is 0 Å². The van der Waals surface area contributed by atoms with E-state index in [9.17, 15) is 4.79 Å². The molecular formula is C16H26N4O. The molecule has 2 rings (SSSR count). The number of carbonyl (C=O) groups excluding carboxylic acids is 1. The summed E-state index contributed by atoms with van der Waals surface area (Å²) in [5, 5.41) is 2.88. The van der Waals surface area contributed by atoms with Crippen molar-refractivity contribution < 1.29 is 4.79 Å². The van der Waals surface area contributed by atoms with Crippen LogP contribution in [0.15, 0.2) is 12.4 Å². The molecule has 116 valence electrons. The quantitative estimate of drug-likeness (QED) is 0.905. The molecule has 1 aromatic rings. The Morgan fingerprint density at radius 3 is 2.48 bits per heavy atom. The van der Waals surface area contributed by atoms with Crippen molar-refractivity contribution in [3.63, 3.8) is 0 Å². The molecule has 0 spiro atoms. The average molecular weight is 290 g/mol. The normalized spacial score (nSPS) is 15.9. The molecule has 1 fully saturated rings. The van der Waals surface area contributed by atoms with E-state index >= 15 is 0 Å². The van der Waals surface area contributed by atoms with Crippen LogP contribution in [-0.2, 0) is 0 Å². The second kappa shape index (κ2) is 7.96. The number of aromatic nitrogens is 2. The summed E-state index contributed by atoms with van der Waals surface area (Å²) >= 11 is 0. The minimum Gasteiger partial charge on any atom is -0.355 e. The molecule has 1 aromatic heterocycles. The van der Waals surface area contributed by atoms with Crippen LogP contribution in [0.1, 0.15) is 56.4 Å². The fourth-order valence-electron chi connectivity index (χ4n) is 2.47. The summed E-state index contributed by atoms with van der Waals surface area (Å²) in [6, 6.07) is 0.